The SMILES string of the molecule is COC(=O)c1c(NC(=O)CSc2nnc(C=Cc3cccs3)o2)sc2c1CCC(C)C2. The molecule has 3 aromatic heterocycles. The average Bonchev–Trinajstić information content (AvgIpc) is 3.49. The highest BCUT2D eigenvalue weighted by atomic mass is 32.2. The molecule has 4 rings (SSSR count). The van der Waals surface area contributed by atoms with E-state index >= 15 is 0 Å². The Hall–Kier alpha value is -2.43. The van der Waals surface area contributed by atoms with Crippen molar-refractivity contribution in [3.63, 3.8) is 0 Å². The quantitative estimate of drug-likeness (QED) is 0.379. The smallest absolute Gasteiger partial charge is 0.341 e. The van der Waals surface area contributed by atoms with Crippen LogP contribution >= 0.6 is 34.4 Å². The van der Waals surface area contributed by atoms with Crippen molar-refractivity contribution in [2.45, 2.75) is 31.4 Å². The lowest BCUT2D eigenvalue weighted by Crippen LogP contribution is -2.17. The number of carbonyl (C=O) groups is 2. The van der Waals surface area contributed by atoms with Gasteiger partial charge in [0.1, 0.15) is 5.00 Å². The van der Waals surface area contributed by atoms with Crippen LogP contribution in [0.4, 0.5) is 5.00 Å². The number of fused-ring (bicyclic) bond motifs is 1. The number of amides is 1. The van der Waals surface area contributed by atoms with Gasteiger partial charge in [0.25, 0.3) is 5.22 Å². The molecular formula is C21H21N3O4S3. The molecule has 1 aliphatic rings. The van der Waals surface area contributed by atoms with E-state index in [9.17, 15) is 9.59 Å². The number of thioether (sulfide) groups is 1. The van der Waals surface area contributed by atoms with E-state index in [-0.39, 0.29) is 11.7 Å². The molecule has 0 radical (unpaired) electrons. The summed E-state index contributed by atoms with van der Waals surface area (Å²) in [5.41, 5.74) is 1.50. The van der Waals surface area contributed by atoms with Gasteiger partial charge in [-0.3, -0.25) is 4.79 Å². The largest absolute Gasteiger partial charge is 0.465 e. The van der Waals surface area contributed by atoms with Crippen LogP contribution < -0.4 is 5.32 Å². The normalized spacial score (nSPS) is 15.7. The molecular weight excluding hydrogens is 454 g/mol. The molecule has 1 unspecified atom stereocenters. The number of nitrogens with zero attached hydrogens (tertiary/aromatic N) is 2. The summed E-state index contributed by atoms with van der Waals surface area (Å²) in [5.74, 6) is 0.390. The Balaban J connectivity index is 1.39. The second-order valence-corrected chi connectivity index (χ2v) is 10.2. The van der Waals surface area contributed by atoms with Crippen LogP contribution in [0, 0.1) is 5.92 Å². The molecule has 1 amide bonds. The number of anilines is 1. The van der Waals surface area contributed by atoms with E-state index in [4.69, 9.17) is 9.15 Å². The Morgan fingerprint density at radius 2 is 2.26 bits per heavy atom. The standard InChI is InChI=1S/C21H21N3O4S3/c1-12-5-7-14-15(10-12)31-19(18(14)20(26)27-2)22-16(25)11-30-21-24-23-17(28-21)8-6-13-4-3-9-29-13/h3-4,6,8-9,12H,5,7,10-11H2,1-2H3,(H,22,25). The molecule has 0 saturated carbocycles. The van der Waals surface area contributed by atoms with Crippen molar-refractivity contribution in [1.82, 2.24) is 10.2 Å². The minimum Gasteiger partial charge on any atom is -0.465 e. The van der Waals surface area contributed by atoms with E-state index in [0.717, 1.165) is 46.3 Å². The van der Waals surface area contributed by atoms with Crippen LogP contribution in [0.25, 0.3) is 12.2 Å². The Bertz CT molecular complexity index is 1100. The summed E-state index contributed by atoms with van der Waals surface area (Å²) in [6.07, 6.45) is 6.40. The van der Waals surface area contributed by atoms with E-state index in [2.05, 4.69) is 22.4 Å². The lowest BCUT2D eigenvalue weighted by atomic mass is 9.88. The number of carbonyl (C=O) groups excluding carboxylic acids is 2. The van der Waals surface area contributed by atoms with Gasteiger partial charge in [0.15, 0.2) is 0 Å². The molecule has 0 aromatic carbocycles. The molecule has 1 atom stereocenters. The van der Waals surface area contributed by atoms with Crippen LogP contribution in [0.3, 0.4) is 0 Å². The molecule has 3 heterocycles. The van der Waals surface area contributed by atoms with Crippen LogP contribution in [0.1, 0.15) is 44.9 Å². The monoisotopic (exact) mass is 475 g/mol. The Morgan fingerprint density at radius 3 is 3.03 bits per heavy atom. The van der Waals surface area contributed by atoms with Gasteiger partial charge in [-0.05, 0) is 48.3 Å². The fourth-order valence-corrected chi connectivity index (χ4v) is 5.94. The molecule has 1 aliphatic carbocycles. The number of methoxy groups -OCH3 is 1. The van der Waals surface area contributed by atoms with Gasteiger partial charge >= 0.3 is 5.97 Å². The van der Waals surface area contributed by atoms with Crippen molar-refractivity contribution < 1.29 is 18.7 Å². The topological polar surface area (TPSA) is 94.3 Å². The molecule has 162 valence electrons. The van der Waals surface area contributed by atoms with Crippen LogP contribution in [-0.4, -0.2) is 34.9 Å². The Labute approximate surface area is 191 Å². The van der Waals surface area contributed by atoms with E-state index in [1.165, 1.54) is 18.4 Å². The van der Waals surface area contributed by atoms with E-state index in [1.54, 1.807) is 17.4 Å². The van der Waals surface area contributed by atoms with Crippen molar-refractivity contribution in [3.8, 4) is 0 Å². The van der Waals surface area contributed by atoms with Crippen molar-refractivity contribution >= 4 is 63.5 Å². The summed E-state index contributed by atoms with van der Waals surface area (Å²) < 4.78 is 10.5. The minimum atomic E-state index is -0.408. The fourth-order valence-electron chi connectivity index (χ4n) is 3.33. The lowest BCUT2D eigenvalue weighted by Gasteiger charge is -2.18. The van der Waals surface area contributed by atoms with Crippen molar-refractivity contribution in [2.75, 3.05) is 18.2 Å². The second-order valence-electron chi connectivity index (χ2n) is 7.14. The third-order valence-corrected chi connectivity index (χ3v) is 7.66. The van der Waals surface area contributed by atoms with E-state index in [0.29, 0.717) is 27.6 Å². The van der Waals surface area contributed by atoms with Gasteiger partial charge in [0.05, 0.1) is 18.4 Å². The van der Waals surface area contributed by atoms with Gasteiger partial charge < -0.3 is 14.5 Å². The first kappa shape index (κ1) is 21.8. The summed E-state index contributed by atoms with van der Waals surface area (Å²) in [4.78, 5) is 27.1. The third kappa shape index (κ3) is 5.25. The zero-order valence-corrected chi connectivity index (χ0v) is 19.5. The molecule has 0 bridgehead atoms. The van der Waals surface area contributed by atoms with Gasteiger partial charge in [0, 0.05) is 15.8 Å². The fraction of sp³-hybridized carbons (Fsp3) is 0.333. The molecule has 0 fully saturated rings. The first-order chi connectivity index (χ1) is 15.0. The van der Waals surface area contributed by atoms with E-state index in [1.807, 2.05) is 23.6 Å². The maximum Gasteiger partial charge on any atom is 0.341 e. The maximum atomic E-state index is 12.5. The lowest BCUT2D eigenvalue weighted by molar-refractivity contribution is -0.113. The molecule has 10 heteroatoms. The number of rotatable bonds is 7. The van der Waals surface area contributed by atoms with Crippen molar-refractivity contribution in [3.05, 3.63) is 44.3 Å². The number of hydrogen-bond donors (Lipinski definition) is 1. The molecule has 3 aromatic rings. The summed E-state index contributed by atoms with van der Waals surface area (Å²) in [6, 6.07) is 3.96. The van der Waals surface area contributed by atoms with Gasteiger partial charge in [-0.2, -0.15) is 0 Å². The van der Waals surface area contributed by atoms with Gasteiger partial charge in [-0.15, -0.1) is 32.9 Å². The number of ether oxygens (including phenoxy) is 1. The highest BCUT2D eigenvalue weighted by Crippen LogP contribution is 2.40. The molecule has 7 nitrogen and oxygen atoms in total. The Morgan fingerprint density at radius 1 is 1.39 bits per heavy atom. The average molecular weight is 476 g/mol. The predicted octanol–water partition coefficient (Wildman–Crippen LogP) is 5.01. The first-order valence-electron chi connectivity index (χ1n) is 9.74. The number of esters is 1. The highest BCUT2D eigenvalue weighted by Gasteiger charge is 2.28. The van der Waals surface area contributed by atoms with Crippen LogP contribution in [0.2, 0.25) is 0 Å². The van der Waals surface area contributed by atoms with Crippen LogP contribution in [0.5, 0.6) is 0 Å². The Kier molecular flexibility index (Phi) is 6.89. The number of thiophene rings is 2. The van der Waals surface area contributed by atoms with Crippen LogP contribution in [-0.2, 0) is 22.4 Å². The minimum absolute atomic E-state index is 0.0931. The first-order valence-corrected chi connectivity index (χ1v) is 12.4. The van der Waals surface area contributed by atoms with Crippen molar-refractivity contribution in [1.29, 1.82) is 0 Å². The highest BCUT2D eigenvalue weighted by molar-refractivity contribution is 7.99. The van der Waals surface area contributed by atoms with Crippen molar-refractivity contribution in [2.24, 2.45) is 5.92 Å². The zero-order valence-electron chi connectivity index (χ0n) is 17.0. The predicted molar refractivity (Wildman–Crippen MR) is 124 cm³/mol. The molecule has 0 spiro atoms. The number of aromatic nitrogens is 2. The summed E-state index contributed by atoms with van der Waals surface area (Å²) in [6.45, 7) is 2.20. The number of hydrogen-bond acceptors (Lipinski definition) is 9. The molecule has 0 aliphatic heterocycles. The maximum absolute atomic E-state index is 12.5. The molecule has 1 N–H and O–H groups in total. The van der Waals surface area contributed by atoms with Gasteiger partial charge in [0.2, 0.25) is 11.8 Å². The summed E-state index contributed by atoms with van der Waals surface area (Å²) in [5, 5.41) is 13.7. The summed E-state index contributed by atoms with van der Waals surface area (Å²) >= 11 is 4.23. The van der Waals surface area contributed by atoms with Gasteiger partial charge in [-0.1, -0.05) is 24.8 Å². The second kappa shape index (κ2) is 9.80. The number of nitrogens with one attached hydrogen (secondary N) is 1. The molecule has 0 saturated heterocycles. The van der Waals surface area contributed by atoms with Crippen LogP contribution in [0.15, 0.2) is 27.2 Å². The van der Waals surface area contributed by atoms with E-state index < -0.39 is 5.97 Å². The summed E-state index contributed by atoms with van der Waals surface area (Å²) in [7, 11) is 1.36. The molecule has 31 heavy (non-hydrogen) atoms. The van der Waals surface area contributed by atoms with Gasteiger partial charge in [-0.25, -0.2) is 4.79 Å². The zero-order chi connectivity index (χ0) is 21.8. The third-order valence-electron chi connectivity index (χ3n) is 4.84.